The van der Waals surface area contributed by atoms with Gasteiger partial charge in [-0.25, -0.2) is 0 Å². The lowest BCUT2D eigenvalue weighted by atomic mass is 10.1. The van der Waals surface area contributed by atoms with Crippen LogP contribution in [0, 0.1) is 0 Å². The Bertz CT molecular complexity index is 673. The zero-order chi connectivity index (χ0) is 15.8. The molecule has 5 nitrogen and oxygen atoms in total. The Hall–Kier alpha value is -2.56. The van der Waals surface area contributed by atoms with Crippen LogP contribution in [0.4, 0.5) is 0 Å². The fourth-order valence-corrected chi connectivity index (χ4v) is 2.19. The maximum atomic E-state index is 11.5. The van der Waals surface area contributed by atoms with E-state index < -0.39 is 5.97 Å². The molecular weight excluding hydrogens is 280 g/mol. The minimum atomic E-state index is -0.490. The van der Waals surface area contributed by atoms with E-state index in [2.05, 4.69) is 16.4 Å². The number of aromatic amines is 1. The number of esters is 1. The monoisotopic (exact) mass is 300 g/mol. The number of hydrogen-bond donors (Lipinski definition) is 2. The zero-order valence-electron chi connectivity index (χ0n) is 12.6. The summed E-state index contributed by atoms with van der Waals surface area (Å²) in [5.41, 5.74) is 2.35. The number of allylic oxidation sites excluding steroid dienone is 1. The highest BCUT2D eigenvalue weighted by molar-refractivity contribution is 6.01. The highest BCUT2D eigenvalue weighted by Crippen LogP contribution is 2.17. The van der Waals surface area contributed by atoms with E-state index in [-0.39, 0.29) is 12.2 Å². The number of ether oxygens (including phenoxy) is 1. The van der Waals surface area contributed by atoms with Crippen LogP contribution in [-0.2, 0) is 20.7 Å². The molecule has 0 saturated carbocycles. The summed E-state index contributed by atoms with van der Waals surface area (Å²) in [6.07, 6.45) is 5.58. The van der Waals surface area contributed by atoms with E-state index in [1.165, 1.54) is 17.0 Å². The summed E-state index contributed by atoms with van der Waals surface area (Å²) >= 11 is 0. The summed E-state index contributed by atoms with van der Waals surface area (Å²) < 4.78 is 4.71. The van der Waals surface area contributed by atoms with Gasteiger partial charge in [-0.2, -0.15) is 0 Å². The van der Waals surface area contributed by atoms with Gasteiger partial charge in [0.05, 0.1) is 6.61 Å². The van der Waals surface area contributed by atoms with Gasteiger partial charge in [-0.05, 0) is 37.3 Å². The number of rotatable bonds is 8. The predicted molar refractivity (Wildman–Crippen MR) is 85.4 cm³/mol. The molecule has 0 spiro atoms. The third kappa shape index (κ3) is 4.48. The van der Waals surface area contributed by atoms with Gasteiger partial charge in [0, 0.05) is 23.6 Å². The van der Waals surface area contributed by atoms with Crippen molar-refractivity contribution in [1.82, 2.24) is 10.3 Å². The summed E-state index contributed by atoms with van der Waals surface area (Å²) in [7, 11) is 0. The minimum absolute atomic E-state index is 0.214. The molecule has 22 heavy (non-hydrogen) atoms. The lowest BCUT2D eigenvalue weighted by Gasteiger charge is -2.01. The van der Waals surface area contributed by atoms with E-state index in [9.17, 15) is 9.59 Å². The van der Waals surface area contributed by atoms with E-state index in [1.807, 2.05) is 24.4 Å². The number of aromatic nitrogens is 1. The van der Waals surface area contributed by atoms with Crippen molar-refractivity contribution in [3.8, 4) is 0 Å². The van der Waals surface area contributed by atoms with Crippen molar-refractivity contribution < 1.29 is 14.3 Å². The van der Waals surface area contributed by atoms with Crippen LogP contribution in [-0.4, -0.2) is 29.9 Å². The third-order valence-corrected chi connectivity index (χ3v) is 3.22. The first-order valence-corrected chi connectivity index (χ1v) is 7.34. The van der Waals surface area contributed by atoms with Crippen molar-refractivity contribution in [3.05, 3.63) is 48.3 Å². The molecule has 0 bridgehead atoms. The molecule has 0 unspecified atom stereocenters. The van der Waals surface area contributed by atoms with Gasteiger partial charge in [0.1, 0.15) is 6.42 Å². The first-order chi connectivity index (χ1) is 10.7. The minimum Gasteiger partial charge on any atom is -0.466 e. The predicted octanol–water partition coefficient (Wildman–Crippen LogP) is 2.34. The number of carbonyl (C=O) groups is 2. The van der Waals surface area contributed by atoms with Crippen LogP contribution in [0.25, 0.3) is 10.9 Å². The molecule has 0 aliphatic rings. The van der Waals surface area contributed by atoms with Gasteiger partial charge in [-0.3, -0.25) is 9.59 Å². The molecule has 0 radical (unpaired) electrons. The van der Waals surface area contributed by atoms with Crippen molar-refractivity contribution in [1.29, 1.82) is 0 Å². The SMILES string of the molecule is CCOC(=O)CC(=O)/C=C/NCCc1c[nH]c2ccccc12. The first-order valence-electron chi connectivity index (χ1n) is 7.34. The van der Waals surface area contributed by atoms with Gasteiger partial charge < -0.3 is 15.0 Å². The molecule has 0 aliphatic heterocycles. The summed E-state index contributed by atoms with van der Waals surface area (Å²) in [5.74, 6) is -0.756. The molecule has 5 heteroatoms. The van der Waals surface area contributed by atoms with Gasteiger partial charge in [0.2, 0.25) is 0 Å². The molecule has 1 aromatic heterocycles. The van der Waals surface area contributed by atoms with E-state index in [0.717, 1.165) is 11.9 Å². The fraction of sp³-hybridized carbons (Fsp3) is 0.294. The van der Waals surface area contributed by atoms with E-state index >= 15 is 0 Å². The lowest BCUT2D eigenvalue weighted by molar-refractivity contribution is -0.144. The molecule has 1 heterocycles. The number of nitrogens with one attached hydrogen (secondary N) is 2. The van der Waals surface area contributed by atoms with Crippen LogP contribution in [0.3, 0.4) is 0 Å². The van der Waals surface area contributed by atoms with Crippen molar-refractivity contribution >= 4 is 22.7 Å². The second-order valence-corrected chi connectivity index (χ2v) is 4.85. The molecule has 0 saturated heterocycles. The van der Waals surface area contributed by atoms with Crippen LogP contribution in [0.1, 0.15) is 18.9 Å². The Morgan fingerprint density at radius 2 is 2.14 bits per heavy atom. The maximum Gasteiger partial charge on any atom is 0.313 e. The van der Waals surface area contributed by atoms with Gasteiger partial charge in [0.25, 0.3) is 0 Å². The van der Waals surface area contributed by atoms with Crippen LogP contribution in [0.5, 0.6) is 0 Å². The average Bonchev–Trinajstić information content (AvgIpc) is 2.90. The van der Waals surface area contributed by atoms with Crippen LogP contribution < -0.4 is 5.32 Å². The van der Waals surface area contributed by atoms with Gasteiger partial charge in [-0.15, -0.1) is 0 Å². The number of para-hydroxylation sites is 1. The lowest BCUT2D eigenvalue weighted by Crippen LogP contribution is -2.12. The van der Waals surface area contributed by atoms with E-state index in [4.69, 9.17) is 4.74 Å². The van der Waals surface area contributed by atoms with E-state index in [0.29, 0.717) is 13.2 Å². The van der Waals surface area contributed by atoms with Gasteiger partial charge in [-0.1, -0.05) is 18.2 Å². The van der Waals surface area contributed by atoms with Crippen molar-refractivity contribution in [2.75, 3.05) is 13.2 Å². The summed E-state index contributed by atoms with van der Waals surface area (Å²) in [4.78, 5) is 25.8. The Morgan fingerprint density at radius 1 is 1.32 bits per heavy atom. The van der Waals surface area contributed by atoms with Crippen molar-refractivity contribution in [3.63, 3.8) is 0 Å². The number of carbonyl (C=O) groups excluding carboxylic acids is 2. The third-order valence-electron chi connectivity index (χ3n) is 3.22. The second-order valence-electron chi connectivity index (χ2n) is 4.85. The van der Waals surface area contributed by atoms with Crippen LogP contribution >= 0.6 is 0 Å². The van der Waals surface area contributed by atoms with Gasteiger partial charge >= 0.3 is 5.97 Å². The second kappa shape index (κ2) is 8.02. The van der Waals surface area contributed by atoms with Crippen molar-refractivity contribution in [2.24, 2.45) is 0 Å². The molecule has 0 aliphatic carbocycles. The number of benzene rings is 1. The Labute approximate surface area is 129 Å². The Kier molecular flexibility index (Phi) is 5.77. The standard InChI is InChI=1S/C17H20N2O3/c1-2-22-17(21)11-14(20)8-10-18-9-7-13-12-19-16-6-4-3-5-15(13)16/h3-6,8,10,12,18-19H,2,7,9,11H2,1H3/b10-8+. The normalized spacial score (nSPS) is 11.0. The highest BCUT2D eigenvalue weighted by Gasteiger charge is 2.06. The summed E-state index contributed by atoms with van der Waals surface area (Å²) in [6.45, 7) is 2.72. The molecule has 0 amide bonds. The molecule has 1 aromatic carbocycles. The highest BCUT2D eigenvalue weighted by atomic mass is 16.5. The van der Waals surface area contributed by atoms with Crippen LogP contribution in [0.2, 0.25) is 0 Å². The topological polar surface area (TPSA) is 71.2 Å². The Morgan fingerprint density at radius 3 is 2.95 bits per heavy atom. The summed E-state index contributed by atoms with van der Waals surface area (Å²) in [5, 5.41) is 4.27. The van der Waals surface area contributed by atoms with E-state index in [1.54, 1.807) is 13.1 Å². The fourth-order valence-electron chi connectivity index (χ4n) is 2.19. The quantitative estimate of drug-likeness (QED) is 0.340. The molecule has 2 N–H and O–H groups in total. The van der Waals surface area contributed by atoms with Gasteiger partial charge in [0.15, 0.2) is 5.78 Å². The molecule has 2 aromatic rings. The molecule has 0 fully saturated rings. The maximum absolute atomic E-state index is 11.5. The number of fused-ring (bicyclic) bond motifs is 1. The number of hydrogen-bond acceptors (Lipinski definition) is 4. The van der Waals surface area contributed by atoms with Crippen LogP contribution in [0.15, 0.2) is 42.7 Å². The first kappa shape index (κ1) is 15.8. The molecular formula is C17H20N2O3. The largest absolute Gasteiger partial charge is 0.466 e. The number of H-pyrrole nitrogens is 1. The summed E-state index contributed by atoms with van der Waals surface area (Å²) in [6, 6.07) is 8.14. The van der Waals surface area contributed by atoms with Crippen molar-refractivity contribution in [2.45, 2.75) is 19.8 Å². The molecule has 2 rings (SSSR count). The molecule has 0 atom stereocenters. The number of ketones is 1. The zero-order valence-corrected chi connectivity index (χ0v) is 12.6. The average molecular weight is 300 g/mol. The Balaban J connectivity index is 1.74. The molecule has 116 valence electrons. The smallest absolute Gasteiger partial charge is 0.313 e.